The molecule has 1 amide bonds. The number of rotatable bonds is 7. The number of H-pyrrole nitrogens is 1. The number of ether oxygens (including phenoxy) is 1. The molecule has 2 N–H and O–H groups in total. The number of amides is 1. The zero-order valence-electron chi connectivity index (χ0n) is 24.5. The number of benzene rings is 2. The van der Waals surface area contributed by atoms with Crippen LogP contribution >= 0.6 is 0 Å². The second kappa shape index (κ2) is 12.1. The monoisotopic (exact) mass is 583 g/mol. The SMILES string of the molecule is Cc1c(NC(=O)c2ccc(C(C)(C)C)cc2[N+](=O)[O-])cccc1-c1c[nH]c(=O)c(N(c2cccnn2)N2CCOCC2)c1. The van der Waals surface area contributed by atoms with E-state index in [1.807, 2.05) is 38.8 Å². The van der Waals surface area contributed by atoms with E-state index in [4.69, 9.17) is 4.74 Å². The first-order valence-electron chi connectivity index (χ1n) is 13.9. The van der Waals surface area contributed by atoms with Gasteiger partial charge in [-0.1, -0.05) is 39.0 Å². The van der Waals surface area contributed by atoms with E-state index < -0.39 is 10.8 Å². The number of carbonyl (C=O) groups is 1. The molecule has 0 bridgehead atoms. The summed E-state index contributed by atoms with van der Waals surface area (Å²) >= 11 is 0. The van der Waals surface area contributed by atoms with E-state index in [1.165, 1.54) is 12.1 Å². The van der Waals surface area contributed by atoms with Gasteiger partial charge in [0.05, 0.1) is 18.1 Å². The second-order valence-corrected chi connectivity index (χ2v) is 11.2. The maximum Gasteiger partial charge on any atom is 0.282 e. The zero-order chi connectivity index (χ0) is 30.7. The van der Waals surface area contributed by atoms with E-state index >= 15 is 0 Å². The third kappa shape index (κ3) is 6.30. The third-order valence-corrected chi connectivity index (χ3v) is 7.36. The zero-order valence-corrected chi connectivity index (χ0v) is 24.5. The highest BCUT2D eigenvalue weighted by atomic mass is 16.6. The number of aromatic amines is 1. The number of nitrogens with zero attached hydrogens (tertiary/aromatic N) is 5. The Balaban J connectivity index is 1.50. The molecule has 1 aliphatic rings. The lowest BCUT2D eigenvalue weighted by Gasteiger charge is -2.37. The molecule has 12 heteroatoms. The van der Waals surface area contributed by atoms with Crippen LogP contribution < -0.4 is 15.9 Å². The first kappa shape index (κ1) is 29.5. The van der Waals surface area contributed by atoms with Gasteiger partial charge in [0.15, 0.2) is 5.82 Å². The van der Waals surface area contributed by atoms with Gasteiger partial charge in [0.2, 0.25) is 0 Å². The van der Waals surface area contributed by atoms with Crippen LogP contribution in [0.3, 0.4) is 0 Å². The van der Waals surface area contributed by atoms with Crippen molar-refractivity contribution >= 4 is 28.8 Å². The Labute approximate surface area is 248 Å². The van der Waals surface area contributed by atoms with Crippen molar-refractivity contribution in [3.05, 3.63) is 104 Å². The molecule has 0 saturated carbocycles. The minimum atomic E-state index is -0.587. The Morgan fingerprint density at radius 1 is 1.12 bits per heavy atom. The first-order valence-corrected chi connectivity index (χ1v) is 13.9. The normalized spacial score (nSPS) is 13.9. The number of nitro benzene ring substituents is 1. The summed E-state index contributed by atoms with van der Waals surface area (Å²) in [6.07, 6.45) is 3.18. The number of anilines is 3. The van der Waals surface area contributed by atoms with Gasteiger partial charge in [-0.3, -0.25) is 19.7 Å². The first-order chi connectivity index (χ1) is 20.5. The predicted molar refractivity (Wildman–Crippen MR) is 164 cm³/mol. The molecular weight excluding hydrogens is 550 g/mol. The largest absolute Gasteiger partial charge is 0.379 e. The van der Waals surface area contributed by atoms with Crippen molar-refractivity contribution < 1.29 is 14.5 Å². The lowest BCUT2D eigenvalue weighted by Crippen LogP contribution is -2.48. The Morgan fingerprint density at radius 3 is 2.56 bits per heavy atom. The van der Waals surface area contributed by atoms with E-state index in [0.717, 1.165) is 16.7 Å². The number of aromatic nitrogens is 3. The molecule has 5 rings (SSSR count). The van der Waals surface area contributed by atoms with Gasteiger partial charge in [-0.25, -0.2) is 10.0 Å². The minimum Gasteiger partial charge on any atom is -0.379 e. The van der Waals surface area contributed by atoms with E-state index in [2.05, 4.69) is 20.5 Å². The molecule has 3 heterocycles. The molecule has 12 nitrogen and oxygen atoms in total. The van der Waals surface area contributed by atoms with Crippen molar-refractivity contribution in [2.75, 3.05) is 36.6 Å². The van der Waals surface area contributed by atoms with Crippen molar-refractivity contribution in [3.63, 3.8) is 0 Å². The van der Waals surface area contributed by atoms with Crippen molar-refractivity contribution in [3.8, 4) is 11.1 Å². The molecule has 222 valence electrons. The van der Waals surface area contributed by atoms with Gasteiger partial charge < -0.3 is 15.0 Å². The average Bonchev–Trinajstić information content (AvgIpc) is 2.99. The number of hydrogen-bond acceptors (Lipinski definition) is 9. The molecule has 0 spiro atoms. The van der Waals surface area contributed by atoms with Gasteiger partial charge >= 0.3 is 0 Å². The molecule has 0 unspecified atom stereocenters. The van der Waals surface area contributed by atoms with Crippen molar-refractivity contribution in [1.82, 2.24) is 20.2 Å². The Bertz CT molecular complexity index is 1710. The minimum absolute atomic E-state index is 0.0285. The molecule has 0 aliphatic carbocycles. The van der Waals surface area contributed by atoms with Crippen LogP contribution in [0, 0.1) is 17.0 Å². The van der Waals surface area contributed by atoms with Crippen LogP contribution in [0.5, 0.6) is 0 Å². The van der Waals surface area contributed by atoms with Crippen LogP contribution in [0.2, 0.25) is 0 Å². The van der Waals surface area contributed by atoms with Crippen molar-refractivity contribution in [1.29, 1.82) is 0 Å². The smallest absolute Gasteiger partial charge is 0.282 e. The summed E-state index contributed by atoms with van der Waals surface area (Å²) in [6.45, 7) is 9.84. The number of pyridine rings is 1. The van der Waals surface area contributed by atoms with E-state index in [1.54, 1.807) is 53.8 Å². The maximum atomic E-state index is 13.3. The summed E-state index contributed by atoms with van der Waals surface area (Å²) in [5.74, 6) is -0.0976. The van der Waals surface area contributed by atoms with Gasteiger partial charge in [-0.05, 0) is 59.4 Å². The number of hydrogen-bond donors (Lipinski definition) is 2. The highest BCUT2D eigenvalue weighted by molar-refractivity contribution is 6.07. The van der Waals surface area contributed by atoms with Crippen LogP contribution in [0.25, 0.3) is 11.1 Å². The standard InChI is InChI=1S/C31H33N7O5/c1-20-23(7-5-8-25(20)34-29(39)24-11-10-22(31(2,3)4)18-26(24)38(41)42)21-17-27(30(40)32-19-21)37(28-9-6-12-33-35-28)36-13-15-43-16-14-36/h5-12,17-19H,13-16H2,1-4H3,(H,32,40)(H,34,39). The molecule has 2 aromatic carbocycles. The van der Waals surface area contributed by atoms with Gasteiger partial charge in [-0.15, -0.1) is 5.10 Å². The van der Waals surface area contributed by atoms with E-state index in [9.17, 15) is 19.7 Å². The number of hydrazine groups is 1. The van der Waals surface area contributed by atoms with Crippen molar-refractivity contribution in [2.24, 2.45) is 0 Å². The van der Waals surface area contributed by atoms with Crippen LogP contribution in [-0.4, -0.2) is 57.3 Å². The summed E-state index contributed by atoms with van der Waals surface area (Å²) in [4.78, 5) is 40.7. The van der Waals surface area contributed by atoms with Crippen LogP contribution in [-0.2, 0) is 10.2 Å². The fraction of sp³-hybridized carbons (Fsp3) is 0.290. The summed E-state index contributed by atoms with van der Waals surface area (Å²) in [6, 6.07) is 15.4. The molecule has 1 aliphatic heterocycles. The molecule has 1 saturated heterocycles. The Kier molecular flexibility index (Phi) is 8.33. The third-order valence-electron chi connectivity index (χ3n) is 7.36. The number of nitrogens with one attached hydrogen (secondary N) is 2. The van der Waals surface area contributed by atoms with Crippen LogP contribution in [0.15, 0.2) is 71.8 Å². The average molecular weight is 584 g/mol. The lowest BCUT2D eigenvalue weighted by atomic mass is 9.86. The second-order valence-electron chi connectivity index (χ2n) is 11.2. The van der Waals surface area contributed by atoms with Crippen LogP contribution in [0.1, 0.15) is 42.3 Å². The molecule has 1 fully saturated rings. The maximum absolute atomic E-state index is 13.3. The predicted octanol–water partition coefficient (Wildman–Crippen LogP) is 4.98. The number of carbonyl (C=O) groups excluding carboxylic acids is 1. The van der Waals surface area contributed by atoms with Gasteiger partial charge in [0.1, 0.15) is 11.3 Å². The fourth-order valence-electron chi connectivity index (χ4n) is 4.98. The molecular formula is C31H33N7O5. The highest BCUT2D eigenvalue weighted by Crippen LogP contribution is 2.33. The summed E-state index contributed by atoms with van der Waals surface area (Å²) < 4.78 is 5.52. The molecule has 4 aromatic rings. The van der Waals surface area contributed by atoms with Crippen LogP contribution in [0.4, 0.5) is 22.9 Å². The van der Waals surface area contributed by atoms with E-state index in [-0.39, 0.29) is 22.2 Å². The molecule has 2 aromatic heterocycles. The van der Waals surface area contributed by atoms with Crippen molar-refractivity contribution in [2.45, 2.75) is 33.1 Å². The van der Waals surface area contributed by atoms with Gasteiger partial charge in [0.25, 0.3) is 17.2 Å². The summed E-state index contributed by atoms with van der Waals surface area (Å²) in [7, 11) is 0. The number of morpholine rings is 1. The van der Waals surface area contributed by atoms with Gasteiger partial charge in [0, 0.05) is 42.8 Å². The molecule has 0 atom stereocenters. The molecule has 0 radical (unpaired) electrons. The lowest BCUT2D eigenvalue weighted by molar-refractivity contribution is -0.385. The van der Waals surface area contributed by atoms with Gasteiger partial charge in [-0.2, -0.15) is 5.10 Å². The highest BCUT2D eigenvalue weighted by Gasteiger charge is 2.27. The number of nitro groups is 1. The van der Waals surface area contributed by atoms with E-state index in [0.29, 0.717) is 49.1 Å². The topological polar surface area (TPSA) is 147 Å². The summed E-state index contributed by atoms with van der Waals surface area (Å²) in [5, 5.41) is 26.7. The Hall–Kier alpha value is -4.94. The quantitative estimate of drug-likeness (QED) is 0.227. The Morgan fingerprint density at radius 2 is 1.88 bits per heavy atom. The fourth-order valence-corrected chi connectivity index (χ4v) is 4.98. The molecule has 43 heavy (non-hydrogen) atoms. The summed E-state index contributed by atoms with van der Waals surface area (Å²) in [5.41, 5.74) is 2.87.